The second-order valence-electron chi connectivity index (χ2n) is 12.6. The largest absolute Gasteiger partial charge is 2.00 e. The monoisotopic (exact) mass is 794 g/mol. The van der Waals surface area contributed by atoms with Crippen LogP contribution in [0.2, 0.25) is 0 Å². The summed E-state index contributed by atoms with van der Waals surface area (Å²) in [5, 5.41) is 22.7. The minimum atomic E-state index is -4.72. The fourth-order valence-electron chi connectivity index (χ4n) is 5.57. The summed E-state index contributed by atoms with van der Waals surface area (Å²) >= 11 is 0. The molecule has 0 fully saturated rings. The molecule has 4 aromatic rings. The molecule has 0 radical (unpaired) electrons. The number of hydrogen-bond donors (Lipinski definition) is 2. The first kappa shape index (κ1) is 46.3. The van der Waals surface area contributed by atoms with Crippen molar-refractivity contribution in [1.82, 2.24) is 0 Å². The SMILES string of the molecule is CCCCCCCCc1c(O)cc(S(=O)(=O)O)cc1Oc1ccccc1.CCCCCCCCc1c([O-])cc(S(=O)(=O)[O-])cc1Oc1ccccc1.[Ca+2]. The molecular formula is C40H50CaO10S2. The van der Waals surface area contributed by atoms with Crippen molar-refractivity contribution < 1.29 is 45.6 Å². The van der Waals surface area contributed by atoms with Crippen LogP contribution < -0.4 is 14.6 Å². The van der Waals surface area contributed by atoms with Gasteiger partial charge < -0.3 is 24.2 Å². The van der Waals surface area contributed by atoms with Crippen LogP contribution in [0.5, 0.6) is 34.5 Å². The molecule has 4 aromatic carbocycles. The molecule has 0 aliphatic rings. The number of phenolic OH excluding ortho intramolecular Hbond substituents is 1. The molecule has 0 heterocycles. The molecule has 4 rings (SSSR count). The Morgan fingerprint density at radius 3 is 1.45 bits per heavy atom. The van der Waals surface area contributed by atoms with E-state index in [0.29, 0.717) is 35.5 Å². The van der Waals surface area contributed by atoms with E-state index < -0.39 is 30.9 Å². The topological polar surface area (TPSA) is 173 Å². The van der Waals surface area contributed by atoms with E-state index in [0.717, 1.165) is 56.7 Å². The van der Waals surface area contributed by atoms with Crippen LogP contribution in [0.1, 0.15) is 102 Å². The summed E-state index contributed by atoms with van der Waals surface area (Å²) in [4.78, 5) is -0.937. The van der Waals surface area contributed by atoms with Crippen molar-refractivity contribution in [2.24, 2.45) is 0 Å². The molecule has 0 aliphatic carbocycles. The van der Waals surface area contributed by atoms with Crippen molar-refractivity contribution >= 4 is 58.0 Å². The Kier molecular flexibility index (Phi) is 20.8. The van der Waals surface area contributed by atoms with Gasteiger partial charge in [-0.1, -0.05) is 121 Å². The van der Waals surface area contributed by atoms with Crippen LogP contribution >= 0.6 is 0 Å². The fraction of sp³-hybridized carbons (Fsp3) is 0.400. The van der Waals surface area contributed by atoms with Crippen LogP contribution in [0.4, 0.5) is 0 Å². The molecule has 0 spiro atoms. The number of ether oxygens (including phenoxy) is 2. The molecule has 0 saturated carbocycles. The third-order valence-electron chi connectivity index (χ3n) is 8.39. The first-order valence-corrected chi connectivity index (χ1v) is 20.8. The summed E-state index contributed by atoms with van der Waals surface area (Å²) in [5.74, 6) is 0.755. The standard InChI is InChI=1S/2C20H26O5S.Ca/c2*1-2-3-4-5-6-10-13-18-19(21)14-17(26(22,23)24)15-20(18)25-16-11-8-7-9-12-16;/h2*7-9,11-12,14-15,21H,2-6,10,13H2,1H3,(H,22,23,24);/q;;+2/p-2. The van der Waals surface area contributed by atoms with Gasteiger partial charge in [0.1, 0.15) is 43.8 Å². The van der Waals surface area contributed by atoms with E-state index in [9.17, 15) is 36.2 Å². The predicted octanol–water partition coefficient (Wildman–Crippen LogP) is 9.31. The van der Waals surface area contributed by atoms with Gasteiger partial charge in [0.05, 0.1) is 4.90 Å². The number of hydrogen-bond acceptors (Lipinski definition) is 9. The normalized spacial score (nSPS) is 11.2. The molecule has 0 saturated heterocycles. The second kappa shape index (κ2) is 23.8. The summed E-state index contributed by atoms with van der Waals surface area (Å²) in [5.41, 5.74) is 0.966. The van der Waals surface area contributed by atoms with Crippen LogP contribution in [0.3, 0.4) is 0 Å². The van der Waals surface area contributed by atoms with Crippen LogP contribution in [-0.4, -0.2) is 68.8 Å². The Morgan fingerprint density at radius 1 is 0.585 bits per heavy atom. The minimum Gasteiger partial charge on any atom is -0.872 e. The average Bonchev–Trinajstić information content (AvgIpc) is 3.10. The zero-order valence-corrected chi connectivity index (χ0v) is 34.5. The van der Waals surface area contributed by atoms with E-state index in [1.807, 2.05) is 12.1 Å². The van der Waals surface area contributed by atoms with Gasteiger partial charge in [0, 0.05) is 17.7 Å². The number of unbranched alkanes of at least 4 members (excludes halogenated alkanes) is 10. The van der Waals surface area contributed by atoms with Crippen molar-refractivity contribution in [3.8, 4) is 34.5 Å². The summed E-state index contributed by atoms with van der Waals surface area (Å²) in [7, 11) is -9.15. The first-order valence-electron chi connectivity index (χ1n) is 17.9. The molecule has 0 bridgehead atoms. The van der Waals surface area contributed by atoms with Gasteiger partial charge in [-0.2, -0.15) is 8.42 Å². The van der Waals surface area contributed by atoms with Gasteiger partial charge in [0.2, 0.25) is 0 Å². The summed E-state index contributed by atoms with van der Waals surface area (Å²) < 4.78 is 77.6. The van der Waals surface area contributed by atoms with E-state index in [1.165, 1.54) is 44.6 Å². The van der Waals surface area contributed by atoms with Gasteiger partial charge in [-0.05, 0) is 61.6 Å². The number of para-hydroxylation sites is 2. The van der Waals surface area contributed by atoms with Gasteiger partial charge in [-0.15, -0.1) is 5.75 Å². The van der Waals surface area contributed by atoms with Crippen LogP contribution in [0, 0.1) is 0 Å². The molecule has 0 aromatic heterocycles. The Hall–Kier alpha value is -2.84. The minimum absolute atomic E-state index is 0. The molecule has 10 nitrogen and oxygen atoms in total. The quantitative estimate of drug-likeness (QED) is 0.0499. The summed E-state index contributed by atoms with van der Waals surface area (Å²) in [6.45, 7) is 4.32. The molecule has 0 aliphatic heterocycles. The maximum absolute atomic E-state index is 12.4. The van der Waals surface area contributed by atoms with Crippen molar-refractivity contribution in [2.45, 2.75) is 114 Å². The molecule has 284 valence electrons. The van der Waals surface area contributed by atoms with Gasteiger partial charge in [-0.3, -0.25) is 4.55 Å². The van der Waals surface area contributed by atoms with Crippen LogP contribution in [0.15, 0.2) is 94.7 Å². The zero-order chi connectivity index (χ0) is 38.0. The molecule has 0 atom stereocenters. The van der Waals surface area contributed by atoms with E-state index in [1.54, 1.807) is 48.5 Å². The van der Waals surface area contributed by atoms with Crippen molar-refractivity contribution in [2.75, 3.05) is 0 Å². The van der Waals surface area contributed by atoms with Gasteiger partial charge in [-0.25, -0.2) is 8.42 Å². The van der Waals surface area contributed by atoms with Gasteiger partial charge >= 0.3 is 37.7 Å². The fourth-order valence-corrected chi connectivity index (χ4v) is 6.59. The zero-order valence-electron chi connectivity index (χ0n) is 30.7. The van der Waals surface area contributed by atoms with Gasteiger partial charge in [0.15, 0.2) is 0 Å². The smallest absolute Gasteiger partial charge is 0.872 e. The average molecular weight is 795 g/mol. The van der Waals surface area contributed by atoms with Crippen molar-refractivity contribution in [3.63, 3.8) is 0 Å². The third-order valence-corrected chi connectivity index (χ3v) is 10.0. The Labute approximate surface area is 345 Å². The van der Waals surface area contributed by atoms with E-state index >= 15 is 0 Å². The predicted molar refractivity (Wildman–Crippen MR) is 205 cm³/mol. The maximum atomic E-state index is 12.4. The van der Waals surface area contributed by atoms with Crippen LogP contribution in [0.25, 0.3) is 0 Å². The first-order chi connectivity index (χ1) is 24.8. The Morgan fingerprint density at radius 2 is 1.00 bits per heavy atom. The maximum Gasteiger partial charge on any atom is 2.00 e. The van der Waals surface area contributed by atoms with Crippen molar-refractivity contribution in [3.05, 3.63) is 96.1 Å². The van der Waals surface area contributed by atoms with E-state index in [4.69, 9.17) is 9.47 Å². The molecule has 53 heavy (non-hydrogen) atoms. The third kappa shape index (κ3) is 16.6. The van der Waals surface area contributed by atoms with E-state index in [-0.39, 0.29) is 59.9 Å². The summed E-state index contributed by atoms with van der Waals surface area (Å²) in [6.07, 6.45) is 14.1. The number of aromatic hydroxyl groups is 1. The number of rotatable bonds is 20. The molecule has 13 heteroatoms. The van der Waals surface area contributed by atoms with Crippen LogP contribution in [-0.2, 0) is 33.1 Å². The molecule has 0 amide bonds. The Balaban J connectivity index is 0.000000360. The van der Waals surface area contributed by atoms with E-state index in [2.05, 4.69) is 13.8 Å². The van der Waals surface area contributed by atoms with Crippen molar-refractivity contribution in [1.29, 1.82) is 0 Å². The Bertz CT molecular complexity index is 1750. The number of phenols is 1. The van der Waals surface area contributed by atoms with Gasteiger partial charge in [0.25, 0.3) is 10.1 Å². The molecular weight excluding hydrogens is 745 g/mol. The molecule has 0 unspecified atom stereocenters. The molecule has 2 N–H and O–H groups in total. The number of benzene rings is 4. The second-order valence-corrected chi connectivity index (χ2v) is 15.4. The summed E-state index contributed by atoms with van der Waals surface area (Å²) in [6, 6.07) is 22.1.